The lowest BCUT2D eigenvalue weighted by molar-refractivity contribution is 0.411. The lowest BCUT2D eigenvalue weighted by atomic mass is 10.1. The highest BCUT2D eigenvalue weighted by Crippen LogP contribution is 2.31. The van der Waals surface area contributed by atoms with Crippen molar-refractivity contribution in [2.75, 3.05) is 11.4 Å². The molecule has 0 bridgehead atoms. The van der Waals surface area contributed by atoms with Gasteiger partial charge in [0.2, 0.25) is 0 Å². The van der Waals surface area contributed by atoms with Gasteiger partial charge in [-0.3, -0.25) is 5.41 Å². The fourth-order valence-corrected chi connectivity index (χ4v) is 2.50. The van der Waals surface area contributed by atoms with Gasteiger partial charge in [0.15, 0.2) is 0 Å². The first-order valence-corrected chi connectivity index (χ1v) is 6.57. The average Bonchev–Trinajstić information content (AvgIpc) is 2.75. The van der Waals surface area contributed by atoms with Crippen LogP contribution in [0.4, 0.5) is 5.69 Å². The van der Waals surface area contributed by atoms with E-state index >= 15 is 0 Å². The summed E-state index contributed by atoms with van der Waals surface area (Å²) in [5.74, 6) is 0.599. The second-order valence-electron chi connectivity index (χ2n) is 4.96. The lowest BCUT2D eigenvalue weighted by Gasteiger charge is -2.19. The van der Waals surface area contributed by atoms with Gasteiger partial charge in [-0.05, 0) is 30.2 Å². The average molecular weight is 264 g/mol. The van der Waals surface area contributed by atoms with Gasteiger partial charge in [-0.25, -0.2) is 0 Å². The van der Waals surface area contributed by atoms with Crippen LogP contribution in [0.15, 0.2) is 60.4 Å². The van der Waals surface area contributed by atoms with E-state index in [1.54, 1.807) is 0 Å². The van der Waals surface area contributed by atoms with Crippen molar-refractivity contribution in [3.8, 4) is 0 Å². The first-order chi connectivity index (χ1) is 9.66. The van der Waals surface area contributed by atoms with Gasteiger partial charge in [0, 0.05) is 5.69 Å². The fourth-order valence-electron chi connectivity index (χ4n) is 2.50. The van der Waals surface area contributed by atoms with E-state index in [9.17, 15) is 5.11 Å². The van der Waals surface area contributed by atoms with Crippen molar-refractivity contribution in [2.45, 2.75) is 6.92 Å². The van der Waals surface area contributed by atoms with Crippen LogP contribution in [0.25, 0.3) is 5.57 Å². The number of nitrogens with one attached hydrogen (secondary N) is 1. The Balaban J connectivity index is 1.97. The second kappa shape index (κ2) is 4.85. The Bertz CT molecular complexity index is 689. The summed E-state index contributed by atoms with van der Waals surface area (Å²) in [6.07, 6.45) is 0. The Morgan fingerprint density at radius 1 is 1.05 bits per heavy atom. The molecule has 1 aliphatic rings. The van der Waals surface area contributed by atoms with Crippen molar-refractivity contribution >= 4 is 17.1 Å². The summed E-state index contributed by atoms with van der Waals surface area (Å²) in [6.45, 7) is 2.38. The molecule has 0 radical (unpaired) electrons. The highest BCUT2D eigenvalue weighted by atomic mass is 16.3. The monoisotopic (exact) mass is 264 g/mol. The third-order valence-corrected chi connectivity index (χ3v) is 3.48. The Labute approximate surface area is 118 Å². The maximum atomic E-state index is 10.2. The quantitative estimate of drug-likeness (QED) is 0.867. The maximum absolute atomic E-state index is 10.2. The van der Waals surface area contributed by atoms with Crippen LogP contribution in [0.5, 0.6) is 0 Å². The van der Waals surface area contributed by atoms with Crippen LogP contribution in [0.2, 0.25) is 0 Å². The molecule has 0 aromatic heterocycles. The number of aliphatic hydroxyl groups is 1. The molecule has 100 valence electrons. The summed E-state index contributed by atoms with van der Waals surface area (Å²) in [5.41, 5.74) is 3.58. The molecule has 20 heavy (non-hydrogen) atoms. The zero-order valence-electron chi connectivity index (χ0n) is 11.3. The van der Waals surface area contributed by atoms with E-state index in [0.717, 1.165) is 16.8 Å². The van der Waals surface area contributed by atoms with Crippen molar-refractivity contribution in [1.29, 1.82) is 5.41 Å². The molecule has 2 aromatic rings. The minimum Gasteiger partial charge on any atom is -0.510 e. The van der Waals surface area contributed by atoms with Crippen LogP contribution in [0, 0.1) is 12.3 Å². The number of nitrogens with zero attached hydrogens (tertiary/aromatic N) is 1. The van der Waals surface area contributed by atoms with Crippen LogP contribution in [-0.2, 0) is 0 Å². The SMILES string of the molecule is Cc1cccc(N2CC(O)=C(c3ccccc3)C2=N)c1. The van der Waals surface area contributed by atoms with E-state index in [2.05, 4.69) is 0 Å². The van der Waals surface area contributed by atoms with E-state index < -0.39 is 0 Å². The summed E-state index contributed by atoms with van der Waals surface area (Å²) >= 11 is 0. The molecule has 0 spiro atoms. The molecule has 0 aliphatic carbocycles. The fraction of sp³-hybridized carbons (Fsp3) is 0.118. The van der Waals surface area contributed by atoms with Gasteiger partial charge in [0.25, 0.3) is 0 Å². The zero-order valence-corrected chi connectivity index (χ0v) is 11.3. The summed E-state index contributed by atoms with van der Waals surface area (Å²) in [6, 6.07) is 17.6. The molecular formula is C17H16N2O. The molecule has 3 nitrogen and oxygen atoms in total. The van der Waals surface area contributed by atoms with Crippen LogP contribution in [0.1, 0.15) is 11.1 Å². The number of aliphatic hydroxyl groups excluding tert-OH is 1. The Morgan fingerprint density at radius 3 is 2.50 bits per heavy atom. The molecule has 1 heterocycles. The number of aryl methyl sites for hydroxylation is 1. The number of benzene rings is 2. The number of amidine groups is 1. The summed E-state index contributed by atoms with van der Waals surface area (Å²) in [7, 11) is 0. The summed E-state index contributed by atoms with van der Waals surface area (Å²) in [4.78, 5) is 1.82. The standard InChI is InChI=1S/C17H16N2O/c1-12-6-5-9-14(10-12)19-11-15(20)16(17(19)18)13-7-3-2-4-8-13/h2-10,18,20H,11H2,1H3. The van der Waals surface area contributed by atoms with Crippen molar-refractivity contribution < 1.29 is 5.11 Å². The van der Waals surface area contributed by atoms with Gasteiger partial charge in [-0.2, -0.15) is 0 Å². The van der Waals surface area contributed by atoms with Gasteiger partial charge in [0.1, 0.15) is 11.6 Å². The van der Waals surface area contributed by atoms with E-state index in [-0.39, 0.29) is 5.76 Å². The van der Waals surface area contributed by atoms with Crippen LogP contribution in [0.3, 0.4) is 0 Å². The van der Waals surface area contributed by atoms with Crippen molar-refractivity contribution in [3.05, 3.63) is 71.5 Å². The normalized spacial score (nSPS) is 15.1. The van der Waals surface area contributed by atoms with Gasteiger partial charge in [-0.1, -0.05) is 42.5 Å². The van der Waals surface area contributed by atoms with E-state index in [1.165, 1.54) is 0 Å². The molecule has 3 rings (SSSR count). The minimum absolute atomic E-state index is 0.253. The molecular weight excluding hydrogens is 248 g/mol. The Morgan fingerprint density at radius 2 is 1.80 bits per heavy atom. The van der Waals surface area contributed by atoms with E-state index in [0.29, 0.717) is 18.0 Å². The number of hydrogen-bond acceptors (Lipinski definition) is 2. The first kappa shape index (κ1) is 12.5. The maximum Gasteiger partial charge on any atom is 0.137 e. The highest BCUT2D eigenvalue weighted by Gasteiger charge is 2.29. The number of rotatable bonds is 2. The van der Waals surface area contributed by atoms with Gasteiger partial charge in [0.05, 0.1) is 12.1 Å². The third kappa shape index (κ3) is 2.07. The molecule has 0 unspecified atom stereocenters. The Kier molecular flexibility index (Phi) is 3.03. The Hall–Kier alpha value is -2.55. The van der Waals surface area contributed by atoms with Crippen LogP contribution >= 0.6 is 0 Å². The molecule has 0 amide bonds. The molecule has 3 heteroatoms. The minimum atomic E-state index is 0.253. The van der Waals surface area contributed by atoms with Crippen LogP contribution in [-0.4, -0.2) is 17.5 Å². The molecule has 1 aliphatic heterocycles. The summed E-state index contributed by atoms with van der Waals surface area (Å²) < 4.78 is 0. The number of hydrogen-bond donors (Lipinski definition) is 2. The van der Waals surface area contributed by atoms with E-state index in [4.69, 9.17) is 5.41 Å². The molecule has 2 N–H and O–H groups in total. The van der Waals surface area contributed by atoms with Gasteiger partial charge in [-0.15, -0.1) is 0 Å². The highest BCUT2D eigenvalue weighted by molar-refractivity contribution is 6.30. The van der Waals surface area contributed by atoms with Crippen molar-refractivity contribution in [3.63, 3.8) is 0 Å². The van der Waals surface area contributed by atoms with Crippen LogP contribution < -0.4 is 4.90 Å². The zero-order chi connectivity index (χ0) is 14.1. The molecule has 0 saturated heterocycles. The number of anilines is 1. The summed E-state index contributed by atoms with van der Waals surface area (Å²) in [5, 5.41) is 18.6. The van der Waals surface area contributed by atoms with Crippen molar-refractivity contribution in [2.24, 2.45) is 0 Å². The van der Waals surface area contributed by atoms with Crippen molar-refractivity contribution in [1.82, 2.24) is 0 Å². The van der Waals surface area contributed by atoms with E-state index in [1.807, 2.05) is 66.4 Å². The molecule has 0 fully saturated rings. The first-order valence-electron chi connectivity index (χ1n) is 6.57. The molecule has 0 atom stereocenters. The smallest absolute Gasteiger partial charge is 0.137 e. The third-order valence-electron chi connectivity index (χ3n) is 3.48. The van der Waals surface area contributed by atoms with Gasteiger partial charge < -0.3 is 10.0 Å². The predicted molar refractivity (Wildman–Crippen MR) is 82.2 cm³/mol. The lowest BCUT2D eigenvalue weighted by Crippen LogP contribution is -2.26. The molecule has 0 saturated carbocycles. The predicted octanol–water partition coefficient (Wildman–Crippen LogP) is 3.76. The molecule has 2 aromatic carbocycles. The topological polar surface area (TPSA) is 47.3 Å². The van der Waals surface area contributed by atoms with Gasteiger partial charge >= 0.3 is 0 Å². The second-order valence-corrected chi connectivity index (χ2v) is 4.96. The largest absolute Gasteiger partial charge is 0.510 e.